The summed E-state index contributed by atoms with van der Waals surface area (Å²) in [6.45, 7) is 15.3. The molecule has 0 bridgehead atoms. The van der Waals surface area contributed by atoms with Crippen molar-refractivity contribution in [2.24, 2.45) is 5.92 Å². The fourth-order valence-electron chi connectivity index (χ4n) is 8.33. The molecular formula is C44H50Cl2N6O5S. The summed E-state index contributed by atoms with van der Waals surface area (Å²) in [5, 5.41) is 12.8. The van der Waals surface area contributed by atoms with E-state index in [1.807, 2.05) is 61.2 Å². The monoisotopic (exact) mass is 844 g/mol. The van der Waals surface area contributed by atoms with Crippen LogP contribution in [0.25, 0.3) is 0 Å². The first kappa shape index (κ1) is 43.2. The van der Waals surface area contributed by atoms with Gasteiger partial charge in [-0.05, 0) is 124 Å². The Balaban J connectivity index is 1.04. The highest BCUT2D eigenvalue weighted by Gasteiger charge is 2.50. The Bertz CT molecular complexity index is 2160. The smallest absolute Gasteiger partial charge is 0.259 e. The summed E-state index contributed by atoms with van der Waals surface area (Å²) in [6.07, 6.45) is 1.54. The molecule has 1 unspecified atom stereocenters. The van der Waals surface area contributed by atoms with Crippen molar-refractivity contribution in [3.63, 3.8) is 0 Å². The highest BCUT2D eigenvalue weighted by molar-refractivity contribution is 7.81. The molecule has 14 heteroatoms. The SMILES string of the molecule is CC(C)c1cc(N2C(=S)N(c3ccc(C#N)c(Cl)c3)C(=O)C2(C)C)ccc1OCCN1C[C@@H](C)N(CC(=O)Cc2cc(Cl)cc(CC3CCC(=O)NC3=O)c2)[C@@H](C)C1. The molecule has 3 amide bonds. The van der Waals surface area contributed by atoms with Crippen molar-refractivity contribution in [3.8, 4) is 11.8 Å². The molecule has 3 aliphatic rings. The molecule has 3 heterocycles. The number of ketones is 1. The molecule has 58 heavy (non-hydrogen) atoms. The molecule has 0 aromatic heterocycles. The van der Waals surface area contributed by atoms with Crippen molar-refractivity contribution < 1.29 is 23.9 Å². The number of carbonyl (C=O) groups is 4. The second kappa shape index (κ2) is 17.9. The molecule has 3 fully saturated rings. The number of rotatable bonds is 13. The molecule has 306 valence electrons. The molecule has 0 aliphatic carbocycles. The number of Topliss-reactive ketones (excluding diaryl/α,β-unsaturated/α-hetero) is 1. The maximum atomic E-state index is 13.8. The second-order valence-electron chi connectivity index (χ2n) is 16.5. The highest BCUT2D eigenvalue weighted by Crippen LogP contribution is 2.40. The van der Waals surface area contributed by atoms with Gasteiger partial charge in [0, 0.05) is 61.2 Å². The Kier molecular flexibility index (Phi) is 13.3. The van der Waals surface area contributed by atoms with Crippen LogP contribution in [-0.4, -0.2) is 88.8 Å². The van der Waals surface area contributed by atoms with Gasteiger partial charge in [0.2, 0.25) is 11.8 Å². The van der Waals surface area contributed by atoms with Gasteiger partial charge in [-0.3, -0.25) is 39.2 Å². The van der Waals surface area contributed by atoms with Crippen LogP contribution in [0.1, 0.15) is 82.6 Å². The Hall–Kier alpha value is -4.38. The summed E-state index contributed by atoms with van der Waals surface area (Å²) in [5.41, 5.74) is 3.32. The minimum atomic E-state index is -0.980. The lowest BCUT2D eigenvalue weighted by molar-refractivity contribution is -0.136. The predicted octanol–water partition coefficient (Wildman–Crippen LogP) is 7.09. The Morgan fingerprint density at radius 1 is 1.00 bits per heavy atom. The maximum absolute atomic E-state index is 13.8. The van der Waals surface area contributed by atoms with Crippen LogP contribution in [0.2, 0.25) is 10.0 Å². The first-order chi connectivity index (χ1) is 27.5. The number of piperazine rings is 1. The van der Waals surface area contributed by atoms with Crippen LogP contribution in [0.3, 0.4) is 0 Å². The third-order valence-electron chi connectivity index (χ3n) is 11.3. The van der Waals surface area contributed by atoms with Crippen molar-refractivity contribution in [1.82, 2.24) is 15.1 Å². The van der Waals surface area contributed by atoms with Crippen LogP contribution in [0.5, 0.6) is 5.75 Å². The van der Waals surface area contributed by atoms with Gasteiger partial charge in [0.05, 0.1) is 22.8 Å². The van der Waals surface area contributed by atoms with E-state index in [4.69, 9.17) is 40.2 Å². The van der Waals surface area contributed by atoms with Crippen LogP contribution in [0.15, 0.2) is 54.6 Å². The van der Waals surface area contributed by atoms with E-state index in [1.54, 1.807) is 18.2 Å². The van der Waals surface area contributed by atoms with Gasteiger partial charge in [0.15, 0.2) is 10.9 Å². The van der Waals surface area contributed by atoms with Crippen LogP contribution in [0, 0.1) is 17.2 Å². The lowest BCUT2D eigenvalue weighted by atomic mass is 9.90. The van der Waals surface area contributed by atoms with Crippen LogP contribution < -0.4 is 19.9 Å². The molecule has 3 aromatic rings. The second-order valence-corrected chi connectivity index (χ2v) is 17.7. The zero-order valence-electron chi connectivity index (χ0n) is 33.8. The first-order valence-corrected chi connectivity index (χ1v) is 20.9. The van der Waals surface area contributed by atoms with Gasteiger partial charge in [-0.25, -0.2) is 0 Å². The van der Waals surface area contributed by atoms with Crippen molar-refractivity contribution >= 4 is 75.4 Å². The molecule has 3 aromatic carbocycles. The lowest BCUT2D eigenvalue weighted by Gasteiger charge is -2.44. The van der Waals surface area contributed by atoms with Crippen LogP contribution >= 0.6 is 35.4 Å². The summed E-state index contributed by atoms with van der Waals surface area (Å²) in [5.74, 6) is 0.0101. The molecule has 0 radical (unpaired) electrons. The van der Waals surface area contributed by atoms with E-state index in [1.165, 1.54) is 4.90 Å². The van der Waals surface area contributed by atoms with Crippen molar-refractivity contribution in [2.75, 3.05) is 42.6 Å². The van der Waals surface area contributed by atoms with Crippen molar-refractivity contribution in [3.05, 3.63) is 86.9 Å². The average Bonchev–Trinajstić information content (AvgIpc) is 3.32. The van der Waals surface area contributed by atoms with Gasteiger partial charge < -0.3 is 9.64 Å². The number of nitrogens with one attached hydrogen (secondary N) is 1. The van der Waals surface area contributed by atoms with Gasteiger partial charge in [0.25, 0.3) is 5.91 Å². The molecule has 0 spiro atoms. The summed E-state index contributed by atoms with van der Waals surface area (Å²) < 4.78 is 6.42. The van der Waals surface area contributed by atoms with E-state index in [0.717, 1.165) is 41.2 Å². The third-order valence-corrected chi connectivity index (χ3v) is 12.2. The van der Waals surface area contributed by atoms with Gasteiger partial charge in [-0.15, -0.1) is 0 Å². The van der Waals surface area contributed by atoms with Gasteiger partial charge in [-0.2, -0.15) is 5.26 Å². The number of anilines is 2. The third kappa shape index (κ3) is 9.40. The number of benzene rings is 3. The van der Waals surface area contributed by atoms with Crippen LogP contribution in [0.4, 0.5) is 11.4 Å². The van der Waals surface area contributed by atoms with E-state index in [2.05, 4.69) is 42.8 Å². The summed E-state index contributed by atoms with van der Waals surface area (Å²) in [4.78, 5) is 59.0. The Labute approximate surface area is 356 Å². The molecular weight excluding hydrogens is 795 g/mol. The van der Waals surface area contributed by atoms with E-state index >= 15 is 0 Å². The summed E-state index contributed by atoms with van der Waals surface area (Å²) in [7, 11) is 0. The zero-order chi connectivity index (χ0) is 42.1. The maximum Gasteiger partial charge on any atom is 0.259 e. The number of hydrogen-bond donors (Lipinski definition) is 1. The van der Waals surface area contributed by atoms with E-state index in [0.29, 0.717) is 60.3 Å². The highest BCUT2D eigenvalue weighted by atomic mass is 35.5. The molecule has 1 N–H and O–H groups in total. The minimum absolute atomic E-state index is 0.100. The molecule has 11 nitrogen and oxygen atoms in total. The fraction of sp³-hybridized carbons (Fsp3) is 0.455. The largest absolute Gasteiger partial charge is 0.492 e. The minimum Gasteiger partial charge on any atom is -0.492 e. The van der Waals surface area contributed by atoms with E-state index < -0.39 is 5.54 Å². The number of carbonyl (C=O) groups excluding carboxylic acids is 4. The topological polar surface area (TPSA) is 126 Å². The standard InChI is InChI=1S/C44H50Cl2N6O5S/c1-26(2)37-20-35(52-43(58)51(42(56)44(52,5)6)34-9-7-32(22-47)38(46)21-34)10-11-39(37)57-14-13-49-23-27(3)50(28(4)24-49)25-36(53)19-30-15-29(17-33(45)18-30)16-31-8-12-40(54)48-41(31)55/h7,9-11,15,17-18,20-21,26-28,31H,8,12-14,16,19,23-25H2,1-6H3,(H,48,54,55)/t27-,28+,31?. The van der Waals surface area contributed by atoms with Crippen molar-refractivity contribution in [2.45, 2.75) is 90.8 Å². The number of ether oxygens (including phenoxy) is 1. The number of imide groups is 1. The van der Waals surface area contributed by atoms with E-state index in [9.17, 15) is 24.4 Å². The lowest BCUT2D eigenvalue weighted by Crippen LogP contribution is -2.58. The van der Waals surface area contributed by atoms with Crippen LogP contribution in [-0.2, 0) is 32.0 Å². The number of amides is 3. The molecule has 3 aliphatic heterocycles. The quantitative estimate of drug-likeness (QED) is 0.141. The summed E-state index contributed by atoms with van der Waals surface area (Å²) in [6, 6.07) is 18.7. The van der Waals surface area contributed by atoms with Gasteiger partial charge >= 0.3 is 0 Å². The number of nitrogens with zero attached hydrogens (tertiary/aromatic N) is 5. The summed E-state index contributed by atoms with van der Waals surface area (Å²) >= 11 is 18.7. The molecule has 0 saturated carbocycles. The number of nitriles is 1. The number of thiocarbonyl (C=S) groups is 1. The number of hydrogen-bond acceptors (Lipinski definition) is 9. The van der Waals surface area contributed by atoms with E-state index in [-0.39, 0.29) is 58.9 Å². The average molecular weight is 846 g/mol. The number of piperidine rings is 1. The first-order valence-electron chi connectivity index (χ1n) is 19.7. The molecule has 3 saturated heterocycles. The van der Waals surface area contributed by atoms with Crippen molar-refractivity contribution in [1.29, 1.82) is 5.26 Å². The van der Waals surface area contributed by atoms with Gasteiger partial charge in [0.1, 0.15) is 24.0 Å². The predicted molar refractivity (Wildman–Crippen MR) is 231 cm³/mol. The molecule has 3 atom stereocenters. The van der Waals surface area contributed by atoms with Gasteiger partial charge in [-0.1, -0.05) is 43.1 Å². The molecule has 6 rings (SSSR count). The zero-order valence-corrected chi connectivity index (χ0v) is 36.1. The Morgan fingerprint density at radius 2 is 1.69 bits per heavy atom. The fourth-order valence-corrected chi connectivity index (χ4v) is 9.35. The normalized spacial score (nSPS) is 21.4. The Morgan fingerprint density at radius 3 is 2.34 bits per heavy atom. The number of halogens is 2.